The molecule has 21 heavy (non-hydrogen) atoms. The van der Waals surface area contributed by atoms with Crippen molar-refractivity contribution in [3.8, 4) is 5.75 Å². The summed E-state index contributed by atoms with van der Waals surface area (Å²) in [6, 6.07) is 11.9. The maximum absolute atomic E-state index is 14.0. The third-order valence-electron chi connectivity index (χ3n) is 2.88. The highest BCUT2D eigenvalue weighted by atomic mass is 35.5. The van der Waals surface area contributed by atoms with Gasteiger partial charge in [0, 0.05) is 5.56 Å². The van der Waals surface area contributed by atoms with Crippen molar-refractivity contribution in [2.45, 2.75) is 6.61 Å². The van der Waals surface area contributed by atoms with Crippen LogP contribution < -0.4 is 10.1 Å². The Kier molecular flexibility index (Phi) is 5.31. The number of ketones is 1. The van der Waals surface area contributed by atoms with E-state index in [1.165, 1.54) is 6.07 Å². The minimum absolute atomic E-state index is 0.0403. The molecule has 0 aliphatic heterocycles. The Morgan fingerprint density at radius 1 is 1.29 bits per heavy atom. The number of carbonyl (C=O) groups is 1. The lowest BCUT2D eigenvalue weighted by Crippen LogP contribution is -2.18. The van der Waals surface area contributed by atoms with Crippen LogP contribution >= 0.6 is 11.6 Å². The molecule has 2 aromatic carbocycles. The summed E-state index contributed by atoms with van der Waals surface area (Å²) in [6.07, 6.45) is 0. The largest absolute Gasteiger partial charge is 0.484 e. The van der Waals surface area contributed by atoms with Crippen LogP contribution in [0.2, 0.25) is 5.02 Å². The fourth-order valence-corrected chi connectivity index (χ4v) is 2.11. The van der Waals surface area contributed by atoms with E-state index in [2.05, 4.69) is 5.32 Å². The van der Waals surface area contributed by atoms with E-state index in [9.17, 15) is 9.18 Å². The van der Waals surface area contributed by atoms with Crippen LogP contribution in [-0.4, -0.2) is 19.4 Å². The van der Waals surface area contributed by atoms with Crippen LogP contribution in [0.4, 0.5) is 4.39 Å². The van der Waals surface area contributed by atoms with Crippen LogP contribution in [0.15, 0.2) is 42.5 Å². The van der Waals surface area contributed by atoms with Gasteiger partial charge in [-0.15, -0.1) is 0 Å². The smallest absolute Gasteiger partial charge is 0.176 e. The molecule has 1 N–H and O–H groups in total. The second-order valence-corrected chi connectivity index (χ2v) is 4.90. The van der Waals surface area contributed by atoms with Gasteiger partial charge in [-0.25, -0.2) is 4.39 Å². The Bertz CT molecular complexity index is 608. The molecule has 0 radical (unpaired) electrons. The van der Waals surface area contributed by atoms with E-state index in [0.717, 1.165) is 11.6 Å². The van der Waals surface area contributed by atoms with Crippen LogP contribution in [0.3, 0.4) is 0 Å². The van der Waals surface area contributed by atoms with Gasteiger partial charge in [-0.3, -0.25) is 4.79 Å². The Hall–Kier alpha value is -1.91. The topological polar surface area (TPSA) is 38.3 Å². The molecule has 0 spiro atoms. The summed E-state index contributed by atoms with van der Waals surface area (Å²) in [5.74, 6) is -0.910. The van der Waals surface area contributed by atoms with Crippen LogP contribution in [0.25, 0.3) is 0 Å². The number of likely N-dealkylation sites (N-methyl/N-ethyl adjacent to an activating group) is 1. The second kappa shape index (κ2) is 7.20. The highest BCUT2D eigenvalue weighted by Gasteiger charge is 2.15. The maximum atomic E-state index is 14.0. The quantitative estimate of drug-likeness (QED) is 0.831. The number of ether oxygens (including phenoxy) is 1. The predicted molar refractivity (Wildman–Crippen MR) is 80.4 cm³/mol. The van der Waals surface area contributed by atoms with Crippen LogP contribution in [0, 0.1) is 5.82 Å². The standard InChI is InChI=1S/C16H15ClFNO2/c1-19-9-15(20)12-7-13(17)16(14(18)8-12)21-10-11-5-3-2-4-6-11/h2-8,19H,9-10H2,1H3. The predicted octanol–water partition coefficient (Wildman–Crippen LogP) is 3.46. The van der Waals surface area contributed by atoms with E-state index in [1.807, 2.05) is 30.3 Å². The van der Waals surface area contributed by atoms with E-state index in [1.54, 1.807) is 7.05 Å². The first-order chi connectivity index (χ1) is 10.1. The summed E-state index contributed by atoms with van der Waals surface area (Å²) in [5.41, 5.74) is 1.13. The van der Waals surface area contributed by atoms with Gasteiger partial charge in [0.15, 0.2) is 17.3 Å². The zero-order chi connectivity index (χ0) is 15.2. The summed E-state index contributed by atoms with van der Waals surface area (Å²) >= 11 is 6.01. The number of Topliss-reactive ketones (excluding diaryl/α,β-unsaturated/α-hetero) is 1. The Morgan fingerprint density at radius 2 is 2.00 bits per heavy atom. The molecule has 0 amide bonds. The Morgan fingerprint density at radius 3 is 2.62 bits per heavy atom. The highest BCUT2D eigenvalue weighted by Crippen LogP contribution is 2.30. The number of carbonyl (C=O) groups excluding carboxylic acids is 1. The van der Waals surface area contributed by atoms with E-state index in [-0.39, 0.29) is 35.3 Å². The molecule has 0 aliphatic rings. The highest BCUT2D eigenvalue weighted by molar-refractivity contribution is 6.32. The minimum atomic E-state index is -0.641. The lowest BCUT2D eigenvalue weighted by molar-refractivity contribution is 0.0993. The summed E-state index contributed by atoms with van der Waals surface area (Å²) < 4.78 is 19.4. The molecule has 2 rings (SSSR count). The molecule has 0 bridgehead atoms. The number of benzene rings is 2. The average molecular weight is 308 g/mol. The fourth-order valence-electron chi connectivity index (χ4n) is 1.85. The van der Waals surface area contributed by atoms with E-state index >= 15 is 0 Å². The van der Waals surface area contributed by atoms with Crippen molar-refractivity contribution in [1.82, 2.24) is 5.32 Å². The summed E-state index contributed by atoms with van der Waals surface area (Å²) in [7, 11) is 1.65. The van der Waals surface area contributed by atoms with Gasteiger partial charge in [0.25, 0.3) is 0 Å². The molecule has 0 aromatic heterocycles. The summed E-state index contributed by atoms with van der Waals surface area (Å²) in [5, 5.41) is 2.81. The van der Waals surface area contributed by atoms with Gasteiger partial charge < -0.3 is 10.1 Å². The molecule has 2 aromatic rings. The first-order valence-corrected chi connectivity index (χ1v) is 6.83. The van der Waals surface area contributed by atoms with E-state index in [4.69, 9.17) is 16.3 Å². The van der Waals surface area contributed by atoms with Crippen molar-refractivity contribution in [2.75, 3.05) is 13.6 Å². The van der Waals surface area contributed by atoms with Gasteiger partial charge in [0.2, 0.25) is 0 Å². The number of hydrogen-bond donors (Lipinski definition) is 1. The van der Waals surface area contributed by atoms with Crippen molar-refractivity contribution in [2.24, 2.45) is 0 Å². The normalized spacial score (nSPS) is 10.4. The molecule has 0 heterocycles. The van der Waals surface area contributed by atoms with Crippen LogP contribution in [0.1, 0.15) is 15.9 Å². The monoisotopic (exact) mass is 307 g/mol. The summed E-state index contributed by atoms with van der Waals surface area (Å²) in [6.45, 7) is 0.335. The zero-order valence-electron chi connectivity index (χ0n) is 11.5. The lowest BCUT2D eigenvalue weighted by Gasteiger charge is -2.11. The molecule has 3 nitrogen and oxygen atoms in total. The second-order valence-electron chi connectivity index (χ2n) is 4.50. The van der Waals surface area contributed by atoms with Crippen molar-refractivity contribution < 1.29 is 13.9 Å². The van der Waals surface area contributed by atoms with Crippen LogP contribution in [-0.2, 0) is 6.61 Å². The van der Waals surface area contributed by atoms with Crippen molar-refractivity contribution in [1.29, 1.82) is 0 Å². The molecule has 0 saturated heterocycles. The van der Waals surface area contributed by atoms with E-state index in [0.29, 0.717) is 0 Å². The molecular formula is C16H15ClFNO2. The molecular weight excluding hydrogens is 293 g/mol. The number of hydrogen-bond acceptors (Lipinski definition) is 3. The zero-order valence-corrected chi connectivity index (χ0v) is 12.3. The number of nitrogens with one attached hydrogen (secondary N) is 1. The maximum Gasteiger partial charge on any atom is 0.176 e. The van der Waals surface area contributed by atoms with Crippen molar-refractivity contribution in [3.05, 3.63) is 64.4 Å². The van der Waals surface area contributed by atoms with Gasteiger partial charge in [0.05, 0.1) is 11.6 Å². The minimum Gasteiger partial charge on any atom is -0.484 e. The lowest BCUT2D eigenvalue weighted by atomic mass is 10.1. The molecule has 0 aliphatic carbocycles. The number of halogens is 2. The third-order valence-corrected chi connectivity index (χ3v) is 3.16. The van der Waals surface area contributed by atoms with Crippen molar-refractivity contribution in [3.63, 3.8) is 0 Å². The number of rotatable bonds is 6. The fraction of sp³-hybridized carbons (Fsp3) is 0.188. The molecule has 0 fully saturated rings. The van der Waals surface area contributed by atoms with Gasteiger partial charge >= 0.3 is 0 Å². The molecule has 0 atom stereocenters. The molecule has 0 saturated carbocycles. The van der Waals surface area contributed by atoms with Gasteiger partial charge in [-0.1, -0.05) is 41.9 Å². The SMILES string of the molecule is CNCC(=O)c1cc(F)c(OCc2ccccc2)c(Cl)c1. The van der Waals surface area contributed by atoms with Gasteiger partial charge in [0.1, 0.15) is 6.61 Å². The van der Waals surface area contributed by atoms with Gasteiger partial charge in [-0.2, -0.15) is 0 Å². The molecule has 5 heteroatoms. The van der Waals surface area contributed by atoms with Gasteiger partial charge in [-0.05, 0) is 24.7 Å². The first-order valence-electron chi connectivity index (χ1n) is 6.45. The Labute approximate surface area is 127 Å². The Balaban J connectivity index is 2.15. The van der Waals surface area contributed by atoms with Crippen molar-refractivity contribution >= 4 is 17.4 Å². The molecule has 110 valence electrons. The summed E-state index contributed by atoms with van der Waals surface area (Å²) in [4.78, 5) is 11.7. The first kappa shape index (κ1) is 15.5. The van der Waals surface area contributed by atoms with Crippen LogP contribution in [0.5, 0.6) is 5.75 Å². The average Bonchev–Trinajstić information content (AvgIpc) is 2.47. The third kappa shape index (κ3) is 4.03. The molecule has 0 unspecified atom stereocenters. The van der Waals surface area contributed by atoms with E-state index < -0.39 is 5.82 Å².